The fraction of sp³-hybridized carbons (Fsp3) is 0.0169. The molecule has 0 aliphatic carbocycles. The maximum absolute atomic E-state index is 3.97. The second kappa shape index (κ2) is 16.2. The minimum absolute atomic E-state index is 0.0250. The fourth-order valence-electron chi connectivity index (χ4n) is 10.0. The third kappa shape index (κ3) is 6.74. The number of hydrogen-bond acceptors (Lipinski definition) is 4. The van der Waals surface area contributed by atoms with Gasteiger partial charge >= 0.3 is 0 Å². The lowest BCUT2D eigenvalue weighted by Crippen LogP contribution is -2.60. The van der Waals surface area contributed by atoms with Crippen LogP contribution in [-0.4, -0.2) is 14.0 Å². The van der Waals surface area contributed by atoms with Crippen molar-refractivity contribution in [1.29, 1.82) is 0 Å². The molecule has 0 unspecified atom stereocenters. The molecule has 0 atom stereocenters. The van der Waals surface area contributed by atoms with Crippen LogP contribution in [0.25, 0.3) is 21.9 Å². The third-order valence-electron chi connectivity index (χ3n) is 13.0. The molecule has 6 heteroatoms. The second-order valence-corrected chi connectivity index (χ2v) is 16.8. The zero-order valence-electron chi connectivity index (χ0n) is 36.0. The molecule has 0 aromatic heterocycles. The summed E-state index contributed by atoms with van der Waals surface area (Å²) in [5.41, 5.74) is 19.6. The van der Waals surface area contributed by atoms with Gasteiger partial charge in [0, 0.05) is 62.4 Å². The van der Waals surface area contributed by atoms with Gasteiger partial charge in [-0.25, -0.2) is 0 Å². The number of rotatable bonds is 9. The molecule has 65 heavy (non-hydrogen) atoms. The van der Waals surface area contributed by atoms with Crippen molar-refractivity contribution in [3.63, 3.8) is 0 Å². The van der Waals surface area contributed by atoms with Gasteiger partial charge in [0.15, 0.2) is 0 Å². The molecule has 12 rings (SSSR count). The zero-order chi connectivity index (χ0) is 43.3. The number of hydrogen-bond donors (Lipinski definition) is 1. The largest absolute Gasteiger partial charge is 0.356 e. The van der Waals surface area contributed by atoms with Crippen molar-refractivity contribution in [2.45, 2.75) is 6.82 Å². The molecule has 0 bridgehead atoms. The van der Waals surface area contributed by atoms with Crippen molar-refractivity contribution in [2.75, 3.05) is 20.0 Å². The van der Waals surface area contributed by atoms with E-state index in [0.717, 1.165) is 62.6 Å². The van der Waals surface area contributed by atoms with E-state index in [9.17, 15) is 0 Å². The molecule has 0 amide bonds. The van der Waals surface area contributed by atoms with E-state index in [1.165, 1.54) is 43.8 Å². The first-order valence-corrected chi connectivity index (χ1v) is 22.4. The maximum atomic E-state index is 3.97. The van der Waals surface area contributed by atoms with Crippen LogP contribution in [0.1, 0.15) is 0 Å². The van der Waals surface area contributed by atoms with Gasteiger partial charge in [-0.05, 0) is 130 Å². The van der Waals surface area contributed by atoms with Crippen molar-refractivity contribution in [3.8, 4) is 11.1 Å². The second-order valence-electron chi connectivity index (χ2n) is 16.8. The zero-order valence-corrected chi connectivity index (χ0v) is 36.0. The SMILES string of the molecule is C[B]c1ccc(N2c3cc(N(c4ccccc4)c4ccccc4)ccc3B3c4ccc(N(c5ccccc5)c5ccccc5)cc4Nc4cccc2c43)c(-c2ccc3ccccc3c2)c1. The Morgan fingerprint density at radius 1 is 0.400 bits per heavy atom. The average molecular weight is 830 g/mol. The van der Waals surface area contributed by atoms with Gasteiger partial charge < -0.3 is 20.0 Å². The van der Waals surface area contributed by atoms with Crippen LogP contribution in [0, 0.1) is 0 Å². The molecule has 0 saturated carbocycles. The lowest BCUT2D eigenvalue weighted by Gasteiger charge is -2.42. The number of nitrogens with one attached hydrogen (secondary N) is 1. The van der Waals surface area contributed by atoms with Crippen LogP contribution in [0.5, 0.6) is 0 Å². The number of nitrogens with zero attached hydrogens (tertiary/aromatic N) is 3. The van der Waals surface area contributed by atoms with Crippen molar-refractivity contribution in [3.05, 3.63) is 237 Å². The Morgan fingerprint density at radius 3 is 1.58 bits per heavy atom. The summed E-state index contributed by atoms with van der Waals surface area (Å²) >= 11 is 0. The van der Waals surface area contributed by atoms with Crippen LogP contribution >= 0.6 is 0 Å². The van der Waals surface area contributed by atoms with Gasteiger partial charge in [-0.15, -0.1) is 0 Å². The summed E-state index contributed by atoms with van der Waals surface area (Å²) < 4.78 is 0. The molecule has 4 nitrogen and oxygen atoms in total. The molecule has 2 aliphatic heterocycles. The number of fused-ring (bicyclic) bond motifs is 5. The van der Waals surface area contributed by atoms with Crippen LogP contribution in [0.4, 0.5) is 62.6 Å². The highest BCUT2D eigenvalue weighted by Crippen LogP contribution is 2.46. The van der Waals surface area contributed by atoms with E-state index in [1.54, 1.807) is 0 Å². The monoisotopic (exact) mass is 829 g/mol. The predicted octanol–water partition coefficient (Wildman–Crippen LogP) is 13.2. The minimum Gasteiger partial charge on any atom is -0.356 e. The number of anilines is 11. The van der Waals surface area contributed by atoms with E-state index in [0.29, 0.717) is 0 Å². The standard InChI is InChI=1S/C59H43B2N4/c1-60-44-31-36-56(51(38-44)43-30-29-41-17-14-15-18-42(41)37-43)65-57-28-16-27-54-59(57)61(53-35-33-50(40-58(53)65)64(47-23-10-4-11-24-47)48-25-12-5-13-26-48)52-34-32-49(39-55(52)62-54)63(45-19-6-2-7-20-45)46-21-8-3-9-22-46/h2-40,62H,1H3. The average Bonchev–Trinajstić information content (AvgIpc) is 3.37. The third-order valence-corrected chi connectivity index (χ3v) is 13.0. The van der Waals surface area contributed by atoms with Crippen LogP contribution in [0.3, 0.4) is 0 Å². The summed E-state index contributed by atoms with van der Waals surface area (Å²) in [5.74, 6) is 0. The van der Waals surface area contributed by atoms with Crippen molar-refractivity contribution in [1.82, 2.24) is 0 Å². The molecule has 0 fully saturated rings. The van der Waals surface area contributed by atoms with E-state index < -0.39 is 0 Å². The quantitative estimate of drug-likeness (QED) is 0.146. The Hall–Kier alpha value is -8.21. The first-order valence-electron chi connectivity index (χ1n) is 22.4. The first-order chi connectivity index (χ1) is 32.2. The summed E-state index contributed by atoms with van der Waals surface area (Å²) in [5, 5.41) is 6.42. The van der Waals surface area contributed by atoms with E-state index >= 15 is 0 Å². The van der Waals surface area contributed by atoms with Crippen molar-refractivity contribution in [2.24, 2.45) is 0 Å². The molecule has 10 aromatic carbocycles. The first kappa shape index (κ1) is 38.5. The summed E-state index contributed by atoms with van der Waals surface area (Å²) in [6.45, 7) is 2.10. The van der Waals surface area contributed by atoms with E-state index in [2.05, 4.69) is 271 Å². The van der Waals surface area contributed by atoms with E-state index in [1.807, 2.05) is 0 Å². The Labute approximate surface area is 382 Å². The van der Waals surface area contributed by atoms with Gasteiger partial charge in [0.05, 0.1) is 5.69 Å². The van der Waals surface area contributed by atoms with E-state index in [-0.39, 0.29) is 6.71 Å². The summed E-state index contributed by atoms with van der Waals surface area (Å²) in [6.07, 6.45) is 0. The molecule has 2 aliphatic rings. The normalized spacial score (nSPS) is 12.1. The molecular weight excluding hydrogens is 786 g/mol. The lowest BCUT2D eigenvalue weighted by molar-refractivity contribution is 1.25. The summed E-state index contributed by atoms with van der Waals surface area (Å²) in [7, 11) is 2.19. The Morgan fingerprint density at radius 2 is 0.969 bits per heavy atom. The van der Waals surface area contributed by atoms with Gasteiger partial charge in [0.2, 0.25) is 0 Å². The highest BCUT2D eigenvalue weighted by atomic mass is 15.2. The Bertz CT molecular complexity index is 3280. The van der Waals surface area contributed by atoms with Crippen LogP contribution in [0.15, 0.2) is 237 Å². The lowest BCUT2D eigenvalue weighted by atomic mass is 9.33. The van der Waals surface area contributed by atoms with Crippen LogP contribution in [0.2, 0.25) is 6.82 Å². The van der Waals surface area contributed by atoms with Crippen molar-refractivity contribution >= 4 is 109 Å². The smallest absolute Gasteiger partial charge is 0.252 e. The van der Waals surface area contributed by atoms with Crippen molar-refractivity contribution < 1.29 is 0 Å². The van der Waals surface area contributed by atoms with Gasteiger partial charge in [0.25, 0.3) is 6.71 Å². The molecular formula is C59H43B2N4. The maximum Gasteiger partial charge on any atom is 0.252 e. The molecule has 0 spiro atoms. The summed E-state index contributed by atoms with van der Waals surface area (Å²) in [6, 6.07) is 86.0. The van der Waals surface area contributed by atoms with Gasteiger partial charge in [-0.3, -0.25) is 0 Å². The van der Waals surface area contributed by atoms with Crippen LogP contribution < -0.4 is 41.9 Å². The fourth-order valence-corrected chi connectivity index (χ4v) is 10.0. The molecule has 1 radical (unpaired) electrons. The molecule has 0 saturated heterocycles. The van der Waals surface area contributed by atoms with Gasteiger partial charge in [-0.2, -0.15) is 0 Å². The van der Waals surface area contributed by atoms with E-state index in [4.69, 9.17) is 0 Å². The highest BCUT2D eigenvalue weighted by Gasteiger charge is 2.41. The van der Waals surface area contributed by atoms with Gasteiger partial charge in [0.1, 0.15) is 7.28 Å². The van der Waals surface area contributed by atoms with Crippen LogP contribution in [-0.2, 0) is 0 Å². The molecule has 1 N–H and O–H groups in total. The highest BCUT2D eigenvalue weighted by molar-refractivity contribution is 7.00. The number of para-hydroxylation sites is 4. The molecule has 305 valence electrons. The molecule has 10 aromatic rings. The summed E-state index contributed by atoms with van der Waals surface area (Å²) in [4.78, 5) is 7.23. The topological polar surface area (TPSA) is 21.8 Å². The number of benzene rings is 10. The minimum atomic E-state index is -0.0250. The predicted molar refractivity (Wildman–Crippen MR) is 279 cm³/mol. The molecule has 2 heterocycles. The Kier molecular flexibility index (Phi) is 9.57. The Balaban J connectivity index is 1.09. The van der Waals surface area contributed by atoms with Gasteiger partial charge in [-0.1, -0.05) is 152 Å².